The molecular weight excluding hydrogens is 624 g/mol. The molecule has 1 aromatic heterocycles. The molecule has 0 fully saturated rings. The largest absolute Gasteiger partial charge is 0.488 e. The molecule has 1 unspecified atom stereocenters. The number of hydrogen-bond donors (Lipinski definition) is 3. The summed E-state index contributed by atoms with van der Waals surface area (Å²) in [5.41, 5.74) is 8.31. The molecule has 0 aliphatic carbocycles. The van der Waals surface area contributed by atoms with Crippen LogP contribution in [0.4, 0.5) is 0 Å². The molecular formula is C34H52N4O10. The number of ether oxygens (including phenoxy) is 4. The van der Waals surface area contributed by atoms with Crippen LogP contribution in [-0.4, -0.2) is 79.8 Å². The molecule has 14 nitrogen and oxygen atoms in total. The quantitative estimate of drug-likeness (QED) is 0.0662. The number of methoxy groups -OCH3 is 2. The van der Waals surface area contributed by atoms with E-state index < -0.39 is 29.1 Å². The first-order chi connectivity index (χ1) is 22.9. The van der Waals surface area contributed by atoms with Crippen LogP contribution in [-0.2, 0) is 25.7 Å². The van der Waals surface area contributed by atoms with Gasteiger partial charge in [0.25, 0.3) is 11.0 Å². The van der Waals surface area contributed by atoms with Gasteiger partial charge in [0.15, 0.2) is 5.75 Å². The van der Waals surface area contributed by atoms with Crippen molar-refractivity contribution in [3.63, 3.8) is 0 Å². The maximum atomic E-state index is 13.1. The molecule has 14 heteroatoms. The lowest BCUT2D eigenvalue weighted by Gasteiger charge is -2.31. The minimum Gasteiger partial charge on any atom is -0.488 e. The maximum absolute atomic E-state index is 13.1. The van der Waals surface area contributed by atoms with E-state index in [4.69, 9.17) is 24.7 Å². The number of esters is 1. The normalized spacial score (nSPS) is 14.4. The number of rotatable bonds is 23. The third-order valence-electron chi connectivity index (χ3n) is 8.36. The number of nitrogens with one attached hydrogen (secondary N) is 1. The summed E-state index contributed by atoms with van der Waals surface area (Å²) < 4.78 is 21.7. The van der Waals surface area contributed by atoms with Crippen molar-refractivity contribution >= 4 is 11.9 Å². The number of pyridine rings is 1. The topological polar surface area (TPSA) is 195 Å². The van der Waals surface area contributed by atoms with E-state index in [0.717, 1.165) is 12.0 Å². The van der Waals surface area contributed by atoms with Crippen LogP contribution >= 0.6 is 0 Å². The van der Waals surface area contributed by atoms with E-state index in [1.807, 2.05) is 19.9 Å². The summed E-state index contributed by atoms with van der Waals surface area (Å²) in [4.78, 5) is 44.6. The van der Waals surface area contributed by atoms with E-state index in [2.05, 4.69) is 29.0 Å². The predicted octanol–water partition coefficient (Wildman–Crippen LogP) is 4.06. The molecule has 2 aromatic rings. The fraction of sp³-hybridized carbons (Fsp3) is 0.618. The van der Waals surface area contributed by atoms with E-state index in [1.165, 1.54) is 24.3 Å². The molecule has 1 aromatic carbocycles. The van der Waals surface area contributed by atoms with Crippen molar-refractivity contribution in [2.45, 2.75) is 78.0 Å². The van der Waals surface area contributed by atoms with Gasteiger partial charge in [-0.2, -0.15) is 0 Å². The summed E-state index contributed by atoms with van der Waals surface area (Å²) in [7, 11) is 3.18. The molecule has 1 amide bonds. The fourth-order valence-corrected chi connectivity index (χ4v) is 5.24. The van der Waals surface area contributed by atoms with Crippen molar-refractivity contribution in [3.8, 4) is 11.6 Å². The Morgan fingerprint density at radius 3 is 2.40 bits per heavy atom. The number of carbonyl (C=O) groups is 2. The van der Waals surface area contributed by atoms with Crippen molar-refractivity contribution in [2.75, 3.05) is 40.6 Å². The van der Waals surface area contributed by atoms with Crippen molar-refractivity contribution in [1.82, 2.24) is 10.3 Å². The van der Waals surface area contributed by atoms with Gasteiger partial charge in [-0.25, -0.2) is 9.78 Å². The second-order valence-electron chi connectivity index (χ2n) is 12.1. The molecule has 0 aliphatic heterocycles. The lowest BCUT2D eigenvalue weighted by molar-refractivity contribution is -0.763. The molecule has 2 rings (SSSR count). The van der Waals surface area contributed by atoms with Gasteiger partial charge < -0.3 is 39.9 Å². The zero-order valence-electron chi connectivity index (χ0n) is 28.9. The molecule has 0 aliphatic rings. The third kappa shape index (κ3) is 13.2. The van der Waals surface area contributed by atoms with E-state index in [-0.39, 0.29) is 55.4 Å². The van der Waals surface area contributed by atoms with Crippen LogP contribution in [0, 0.1) is 27.9 Å². The van der Waals surface area contributed by atoms with Crippen LogP contribution in [0.2, 0.25) is 0 Å². The Hall–Kier alpha value is -4.01. The monoisotopic (exact) mass is 676 g/mol. The van der Waals surface area contributed by atoms with Gasteiger partial charge in [-0.15, -0.1) is 10.1 Å². The van der Waals surface area contributed by atoms with Crippen molar-refractivity contribution in [1.29, 1.82) is 0 Å². The summed E-state index contributed by atoms with van der Waals surface area (Å²) in [6.07, 6.45) is 3.06. The van der Waals surface area contributed by atoms with Crippen LogP contribution in [0.1, 0.15) is 80.8 Å². The van der Waals surface area contributed by atoms with Crippen LogP contribution in [0.15, 0.2) is 36.5 Å². The number of hydrogen-bond acceptors (Lipinski definition) is 12. The number of nitrogens with zero attached hydrogens (tertiary/aromatic N) is 2. The SMILES string of the molecule is CCC(C)[C@H](C[C@H](N)[C@@H](O)C[C@H](C(=O)NCCOC(=O)c1ccc(CO[N+](=O)[O-])cc1)C(C)C)c1cnc(OC)c(OCCCOC)c1. The number of aliphatic hydroxyl groups excluding tert-OH is 1. The van der Waals surface area contributed by atoms with Gasteiger partial charge in [-0.3, -0.25) is 4.79 Å². The fourth-order valence-electron chi connectivity index (χ4n) is 5.24. The predicted molar refractivity (Wildman–Crippen MR) is 178 cm³/mol. The molecule has 5 atom stereocenters. The Morgan fingerprint density at radius 1 is 1.08 bits per heavy atom. The summed E-state index contributed by atoms with van der Waals surface area (Å²) >= 11 is 0. The van der Waals surface area contributed by atoms with Crippen LogP contribution < -0.4 is 20.5 Å². The van der Waals surface area contributed by atoms with Gasteiger partial charge in [-0.05, 0) is 59.9 Å². The number of benzene rings is 1. The second-order valence-corrected chi connectivity index (χ2v) is 12.1. The first kappa shape index (κ1) is 40.2. The standard InChI is InChI=1S/C34H52N4O10/c1-7-23(4)28(26-17-31(33(45-6)37-20-26)46-15-8-14-44-5)18-29(35)30(39)19-27(22(2)3)32(40)36-13-16-47-34(41)25-11-9-24(10-12-25)21-48-38(42)43/h9-12,17,20,22-23,27-30,39H,7-8,13-16,18-19,21,35H2,1-6H3,(H,36,40)/t23?,27-,28-,29-,30-/m0/s1. The summed E-state index contributed by atoms with van der Waals surface area (Å²) in [5, 5.41) is 23.4. The molecule has 0 saturated carbocycles. The third-order valence-corrected chi connectivity index (χ3v) is 8.36. The van der Waals surface area contributed by atoms with E-state index in [1.54, 1.807) is 20.4 Å². The number of aliphatic hydroxyl groups is 1. The molecule has 0 saturated heterocycles. The van der Waals surface area contributed by atoms with Crippen molar-refractivity contribution < 1.29 is 43.6 Å². The second kappa shape index (κ2) is 21.1. The van der Waals surface area contributed by atoms with Crippen LogP contribution in [0.25, 0.3) is 0 Å². The summed E-state index contributed by atoms with van der Waals surface area (Å²) in [6.45, 7) is 8.86. The molecule has 0 radical (unpaired) electrons. The highest BCUT2D eigenvalue weighted by atomic mass is 16.9. The highest BCUT2D eigenvalue weighted by molar-refractivity contribution is 5.89. The van der Waals surface area contributed by atoms with Crippen LogP contribution in [0.3, 0.4) is 0 Å². The Morgan fingerprint density at radius 2 is 1.79 bits per heavy atom. The lowest BCUT2D eigenvalue weighted by atomic mass is 9.79. The molecule has 0 spiro atoms. The molecule has 48 heavy (non-hydrogen) atoms. The number of carbonyl (C=O) groups excluding carboxylic acids is 2. The number of aromatic nitrogens is 1. The van der Waals surface area contributed by atoms with E-state index >= 15 is 0 Å². The smallest absolute Gasteiger partial charge is 0.338 e. The maximum Gasteiger partial charge on any atom is 0.338 e. The van der Waals surface area contributed by atoms with Gasteiger partial charge in [0, 0.05) is 38.3 Å². The first-order valence-electron chi connectivity index (χ1n) is 16.3. The lowest BCUT2D eigenvalue weighted by Crippen LogP contribution is -2.43. The van der Waals surface area contributed by atoms with Crippen molar-refractivity contribution in [2.24, 2.45) is 23.5 Å². The average molecular weight is 677 g/mol. The van der Waals surface area contributed by atoms with E-state index in [0.29, 0.717) is 43.2 Å². The Labute approximate surface area is 282 Å². The van der Waals surface area contributed by atoms with Crippen molar-refractivity contribution in [3.05, 3.63) is 63.3 Å². The van der Waals surface area contributed by atoms with Gasteiger partial charge in [0.2, 0.25) is 5.91 Å². The average Bonchev–Trinajstić information content (AvgIpc) is 3.08. The zero-order chi connectivity index (χ0) is 35.6. The summed E-state index contributed by atoms with van der Waals surface area (Å²) in [6, 6.07) is 7.34. The molecule has 0 bridgehead atoms. The number of nitrogens with two attached hydrogens (primary N) is 1. The number of amides is 1. The Kier molecular flexibility index (Phi) is 17.6. The van der Waals surface area contributed by atoms with Gasteiger partial charge >= 0.3 is 5.97 Å². The minimum absolute atomic E-state index is 0.0222. The van der Waals surface area contributed by atoms with Gasteiger partial charge in [0.1, 0.15) is 13.2 Å². The van der Waals surface area contributed by atoms with Crippen LogP contribution in [0.5, 0.6) is 11.6 Å². The molecule has 1 heterocycles. The van der Waals surface area contributed by atoms with E-state index in [9.17, 15) is 24.8 Å². The van der Waals surface area contributed by atoms with Gasteiger partial charge in [-0.1, -0.05) is 46.2 Å². The zero-order valence-corrected chi connectivity index (χ0v) is 28.9. The summed E-state index contributed by atoms with van der Waals surface area (Å²) in [5.74, 6) is -0.336. The van der Waals surface area contributed by atoms with Gasteiger partial charge in [0.05, 0.1) is 31.9 Å². The Bertz CT molecular complexity index is 1280. The highest BCUT2D eigenvalue weighted by Gasteiger charge is 2.31. The minimum atomic E-state index is -0.942. The molecule has 4 N–H and O–H groups in total. The Balaban J connectivity index is 1.96. The first-order valence-corrected chi connectivity index (χ1v) is 16.3. The highest BCUT2D eigenvalue weighted by Crippen LogP contribution is 2.36. The molecule has 268 valence electrons.